The Morgan fingerprint density at radius 3 is 1.57 bits per heavy atom. The second-order valence-corrected chi connectivity index (χ2v) is 13.3. The van der Waals surface area contributed by atoms with Gasteiger partial charge in [-0.3, -0.25) is 14.9 Å². The molecular formula is C38H54FN17O4. The molecule has 4 atom stereocenters. The Morgan fingerprint density at radius 1 is 0.650 bits per heavy atom. The molecule has 0 amide bonds. The van der Waals surface area contributed by atoms with Crippen molar-refractivity contribution in [2.75, 3.05) is 53.2 Å². The molecule has 0 aliphatic rings. The number of nitrogens with zero attached hydrogens (tertiary/aromatic N) is 10. The Hall–Kier alpha value is -6.95. The monoisotopic (exact) mass is 831 g/mol. The number of hydrogen-bond donors (Lipinski definition) is 11. The van der Waals surface area contributed by atoms with E-state index in [1.165, 1.54) is 0 Å². The largest absolute Gasteiger partial charge is 0.392 e. The fourth-order valence-electron chi connectivity index (χ4n) is 4.91. The van der Waals surface area contributed by atoms with Crippen LogP contribution in [-0.2, 0) is 12.8 Å². The number of nitriles is 4. The van der Waals surface area contributed by atoms with Gasteiger partial charge in [0.25, 0.3) is 0 Å². The van der Waals surface area contributed by atoms with Crippen LogP contribution in [0.3, 0.4) is 0 Å². The van der Waals surface area contributed by atoms with Gasteiger partial charge in [-0.1, -0.05) is 13.8 Å². The Balaban J connectivity index is 0.000000509. The minimum Gasteiger partial charge on any atom is -0.392 e. The third-order valence-corrected chi connectivity index (χ3v) is 8.00. The van der Waals surface area contributed by atoms with Gasteiger partial charge in [-0.25, -0.2) is 9.97 Å². The molecule has 0 aliphatic heterocycles. The quantitative estimate of drug-likeness (QED) is 0.0714. The molecule has 0 bridgehead atoms. The number of azo groups is 1. The van der Waals surface area contributed by atoms with Crippen molar-refractivity contribution in [1.82, 2.24) is 30.4 Å². The lowest BCUT2D eigenvalue weighted by Crippen LogP contribution is -2.19. The van der Waals surface area contributed by atoms with Crippen LogP contribution in [-0.4, -0.2) is 101 Å². The average molecular weight is 832 g/mol. The van der Waals surface area contributed by atoms with Gasteiger partial charge in [0.2, 0.25) is 5.82 Å². The lowest BCUT2D eigenvalue weighted by molar-refractivity contribution is 0.207. The van der Waals surface area contributed by atoms with Gasteiger partial charge in [0.05, 0.1) is 46.9 Å². The zero-order valence-corrected chi connectivity index (χ0v) is 34.9. The van der Waals surface area contributed by atoms with Gasteiger partial charge in [-0.05, 0) is 66.0 Å². The van der Waals surface area contributed by atoms with Crippen LogP contribution in [0.2, 0.25) is 0 Å². The second kappa shape index (κ2) is 25.4. The van der Waals surface area contributed by atoms with E-state index in [9.17, 15) is 30.9 Å². The smallest absolute Gasteiger partial charge is 0.213 e. The summed E-state index contributed by atoms with van der Waals surface area (Å²) in [7, 11) is 0. The van der Waals surface area contributed by atoms with E-state index in [0.717, 1.165) is 17.7 Å². The lowest BCUT2D eigenvalue weighted by Gasteiger charge is -2.16. The molecule has 0 aliphatic carbocycles. The van der Waals surface area contributed by atoms with Crippen LogP contribution in [0.15, 0.2) is 16.3 Å². The van der Waals surface area contributed by atoms with Crippen molar-refractivity contribution in [2.24, 2.45) is 10.2 Å². The van der Waals surface area contributed by atoms with Crippen LogP contribution in [0.1, 0.15) is 86.3 Å². The summed E-state index contributed by atoms with van der Waals surface area (Å²) >= 11 is 0. The summed E-state index contributed by atoms with van der Waals surface area (Å²) in [6, 6.07) is 9.99. The predicted molar refractivity (Wildman–Crippen MR) is 225 cm³/mol. The third-order valence-electron chi connectivity index (χ3n) is 8.00. The molecule has 0 saturated carbocycles. The maximum absolute atomic E-state index is 9.63. The first kappa shape index (κ1) is 51.1. The van der Waals surface area contributed by atoms with Gasteiger partial charge < -0.3 is 47.4 Å². The van der Waals surface area contributed by atoms with E-state index in [-0.39, 0.29) is 35.0 Å². The molecule has 322 valence electrons. The van der Waals surface area contributed by atoms with Crippen LogP contribution in [0.25, 0.3) is 0 Å². The Morgan fingerprint density at radius 2 is 1.10 bits per heavy atom. The second-order valence-electron chi connectivity index (χ2n) is 13.3. The number of nitrogens with two attached hydrogens (primary N) is 1. The number of aliphatic hydroxyl groups excluding tert-OH is 4. The van der Waals surface area contributed by atoms with Gasteiger partial charge in [0, 0.05) is 31.7 Å². The molecular weight excluding hydrogens is 778 g/mol. The number of nitrogen functional groups attached to an aromatic ring is 1. The molecule has 4 rings (SSSR count). The first-order valence-electron chi connectivity index (χ1n) is 18.7. The fraction of sp³-hybridized carbons (Fsp3) is 0.474. The van der Waals surface area contributed by atoms with Crippen molar-refractivity contribution in [3.05, 3.63) is 50.8 Å². The van der Waals surface area contributed by atoms with E-state index in [0.29, 0.717) is 76.4 Å². The number of aliphatic hydroxyl groups is 4. The molecule has 4 aromatic heterocycles. The summed E-state index contributed by atoms with van der Waals surface area (Å²) in [6.45, 7) is 15.0. The van der Waals surface area contributed by atoms with Crippen LogP contribution >= 0.6 is 0 Å². The maximum Gasteiger partial charge on any atom is 0.213 e. The highest BCUT2D eigenvalue weighted by molar-refractivity contribution is 5.74. The maximum atomic E-state index is 9.63. The summed E-state index contributed by atoms with van der Waals surface area (Å²) in [5.41, 5.74) is 9.90. The van der Waals surface area contributed by atoms with Crippen LogP contribution < -0.4 is 27.0 Å². The molecule has 60 heavy (non-hydrogen) atoms. The molecule has 0 radical (unpaired) electrons. The van der Waals surface area contributed by atoms with E-state index in [4.69, 9.17) is 16.3 Å². The van der Waals surface area contributed by atoms with Gasteiger partial charge in [0.1, 0.15) is 58.5 Å². The molecule has 22 heteroatoms. The molecule has 0 aromatic carbocycles. The van der Waals surface area contributed by atoms with Crippen LogP contribution in [0.5, 0.6) is 0 Å². The highest BCUT2D eigenvalue weighted by Gasteiger charge is 2.19. The van der Waals surface area contributed by atoms with Gasteiger partial charge >= 0.3 is 0 Å². The minimum atomic E-state index is -0.648. The van der Waals surface area contributed by atoms with Gasteiger partial charge in [-0.15, -0.1) is 10.2 Å². The van der Waals surface area contributed by atoms with E-state index in [2.05, 4.69) is 80.1 Å². The molecule has 4 aromatic rings. The molecule has 21 nitrogen and oxygen atoms in total. The van der Waals surface area contributed by atoms with Crippen molar-refractivity contribution in [3.8, 4) is 24.3 Å². The average Bonchev–Trinajstić information content (AvgIpc) is 3.78. The van der Waals surface area contributed by atoms with E-state index in [1.807, 2.05) is 26.8 Å². The van der Waals surface area contributed by atoms with Gasteiger partial charge in [0.15, 0.2) is 11.6 Å². The lowest BCUT2D eigenvalue weighted by atomic mass is 10.1. The normalized spacial score (nSPS) is 12.3. The number of aromatic nitrogens is 6. The van der Waals surface area contributed by atoms with E-state index < -0.39 is 24.4 Å². The number of aryl methyl sites for hydroxylation is 3. The molecule has 12 N–H and O–H groups in total. The highest BCUT2D eigenvalue weighted by Crippen LogP contribution is 2.35. The third kappa shape index (κ3) is 15.1. The number of pyridine rings is 2. The summed E-state index contributed by atoms with van der Waals surface area (Å²) in [5, 5.41) is 108. The Bertz CT molecular complexity index is 2190. The van der Waals surface area contributed by atoms with Crippen LogP contribution in [0, 0.1) is 59.2 Å². The summed E-state index contributed by atoms with van der Waals surface area (Å²) < 4.78 is 0. The molecule has 4 heterocycles. The Labute approximate surface area is 347 Å². The fourth-order valence-corrected chi connectivity index (χ4v) is 4.91. The van der Waals surface area contributed by atoms with Crippen LogP contribution in [0.4, 0.5) is 45.3 Å². The van der Waals surface area contributed by atoms with Crippen molar-refractivity contribution in [1.29, 1.82) is 21.0 Å². The topological polar surface area (TPSA) is 358 Å². The summed E-state index contributed by atoms with van der Waals surface area (Å²) in [6.07, 6.45) is -0.939. The van der Waals surface area contributed by atoms with E-state index >= 15 is 0 Å². The summed E-state index contributed by atoms with van der Waals surface area (Å²) in [5.74, 6) is 2.05. The van der Waals surface area contributed by atoms with E-state index in [1.54, 1.807) is 40.7 Å². The van der Waals surface area contributed by atoms with Gasteiger partial charge in [-0.2, -0.15) is 31.2 Å². The number of hydrogen-bond acceptors (Lipinski definition) is 19. The number of nitrogens with one attached hydrogen (secondary N) is 6. The zero-order chi connectivity index (χ0) is 44.2. The van der Waals surface area contributed by atoms with Crippen molar-refractivity contribution >= 4 is 40.6 Å². The number of anilines is 5. The predicted octanol–water partition coefficient (Wildman–Crippen LogP) is 3.85. The number of halogens is 1. The standard InChI is InChI=1S/C19H25N9O2.C13H20N4O2.C6H8N4.FH/c1-5-15-14(7-21)18(27-25-15)28-26-16-12(4)13(6-20)17(22-8-10(2)29)24-19(16)23-9-11(3)30;1-8-4-12(15-6-9(2)18)17-13(11(8)5-14)16-7-10(3)19;1-2-5-4(3-7)6(8)10-9-5;/h10-11,29-30H,5,8-9H2,1-4H3,(H,25,27)(H2,22,23,24);4,9-10,18-19H,6-7H2,1-3H3,(H2,15,16,17);2H2,1H3,(H3,8,9,10);1H. The van der Waals surface area contributed by atoms with Crippen molar-refractivity contribution in [2.45, 2.75) is 92.6 Å². The van der Waals surface area contributed by atoms with Crippen molar-refractivity contribution in [3.63, 3.8) is 0 Å². The molecule has 0 saturated heterocycles. The SMILES string of the molecule is CCc1[nH]nc(N)c1C#N.CCc1[nH]nc(N=Nc2c(NCC(C)O)nc(NCC(C)O)c(C#N)c2C)c1C#N.Cc1cc(NCC(C)O)nc(NCC(C)O)c1C#N.F. The Kier molecular flexibility index (Phi) is 21.6. The molecule has 4 unspecified atom stereocenters. The minimum absolute atomic E-state index is 0. The molecule has 0 spiro atoms. The number of H-pyrrole nitrogens is 2. The zero-order valence-electron chi connectivity index (χ0n) is 34.9. The number of rotatable bonds is 16. The highest BCUT2D eigenvalue weighted by atomic mass is 19.0. The first-order chi connectivity index (χ1) is 28.0. The number of aromatic amines is 2. The van der Waals surface area contributed by atoms with Crippen molar-refractivity contribution < 1.29 is 25.1 Å². The summed E-state index contributed by atoms with van der Waals surface area (Å²) in [4.78, 5) is 8.69. The molecule has 0 fully saturated rings. The first-order valence-corrected chi connectivity index (χ1v) is 18.7.